The van der Waals surface area contributed by atoms with E-state index < -0.39 is 12.0 Å². The van der Waals surface area contributed by atoms with Gasteiger partial charge in [0.05, 0.1) is 4.47 Å². The van der Waals surface area contributed by atoms with Crippen LogP contribution in [0.5, 0.6) is 11.5 Å². The molecule has 7 heteroatoms. The van der Waals surface area contributed by atoms with Gasteiger partial charge < -0.3 is 21.1 Å². The first-order valence-corrected chi connectivity index (χ1v) is 5.80. The van der Waals surface area contributed by atoms with E-state index in [9.17, 15) is 15.0 Å². The van der Waals surface area contributed by atoms with Crippen LogP contribution >= 0.6 is 31.9 Å². The standard InChI is InChI=1S/C9H9Br2NO4/c10-4-2-6(13)8(14)7(11)3(4)1-5(12)9(15)16/h2,5,13-14H,1,12H2,(H,15,16). The summed E-state index contributed by atoms with van der Waals surface area (Å²) < 4.78 is 0.711. The predicted molar refractivity (Wildman–Crippen MR) is 64.5 cm³/mol. The van der Waals surface area contributed by atoms with Crippen LogP contribution in [0.4, 0.5) is 0 Å². The van der Waals surface area contributed by atoms with Crippen LogP contribution in [0.3, 0.4) is 0 Å². The molecule has 5 nitrogen and oxygen atoms in total. The lowest BCUT2D eigenvalue weighted by atomic mass is 10.1. The normalized spacial score (nSPS) is 12.4. The van der Waals surface area contributed by atoms with Crippen molar-refractivity contribution in [2.24, 2.45) is 5.73 Å². The van der Waals surface area contributed by atoms with Gasteiger partial charge in [-0.25, -0.2) is 0 Å². The minimum Gasteiger partial charge on any atom is -0.504 e. The van der Waals surface area contributed by atoms with E-state index in [-0.39, 0.29) is 22.4 Å². The molecule has 0 heterocycles. The van der Waals surface area contributed by atoms with Crippen molar-refractivity contribution >= 4 is 37.8 Å². The molecule has 0 aliphatic rings. The molecule has 0 bridgehead atoms. The average Bonchev–Trinajstić information content (AvgIpc) is 2.20. The third-order valence-electron chi connectivity index (χ3n) is 2.01. The largest absolute Gasteiger partial charge is 0.504 e. The number of carboxylic acids is 1. The Bertz CT molecular complexity index is 436. The summed E-state index contributed by atoms with van der Waals surface area (Å²) in [6.45, 7) is 0. The number of benzene rings is 1. The Morgan fingerprint density at radius 3 is 2.50 bits per heavy atom. The highest BCUT2D eigenvalue weighted by atomic mass is 79.9. The zero-order chi connectivity index (χ0) is 12.5. The van der Waals surface area contributed by atoms with Gasteiger partial charge in [-0.05, 0) is 27.6 Å². The number of nitrogens with two attached hydrogens (primary N) is 1. The van der Waals surface area contributed by atoms with Gasteiger partial charge >= 0.3 is 5.97 Å². The molecule has 1 aromatic carbocycles. The van der Waals surface area contributed by atoms with Gasteiger partial charge in [0, 0.05) is 10.9 Å². The second-order valence-corrected chi connectivity index (χ2v) is 4.81. The van der Waals surface area contributed by atoms with Crippen LogP contribution in [0.2, 0.25) is 0 Å². The van der Waals surface area contributed by atoms with Crippen LogP contribution in [-0.2, 0) is 11.2 Å². The maximum Gasteiger partial charge on any atom is 0.320 e. The first kappa shape index (κ1) is 13.3. The number of carbonyl (C=O) groups is 1. The van der Waals surface area contributed by atoms with Gasteiger partial charge in [0.15, 0.2) is 11.5 Å². The predicted octanol–water partition coefficient (Wildman–Crippen LogP) is 1.58. The van der Waals surface area contributed by atoms with Crippen molar-refractivity contribution in [1.82, 2.24) is 0 Å². The SMILES string of the molecule is NC(Cc1c(Br)cc(O)c(O)c1Br)C(=O)O. The minimum atomic E-state index is -1.13. The molecule has 0 fully saturated rings. The van der Waals surface area contributed by atoms with Crippen LogP contribution in [0.25, 0.3) is 0 Å². The molecule has 1 aromatic rings. The molecular formula is C9H9Br2NO4. The Labute approximate surface area is 108 Å². The van der Waals surface area contributed by atoms with Crippen molar-refractivity contribution in [3.63, 3.8) is 0 Å². The average molecular weight is 355 g/mol. The molecule has 0 radical (unpaired) electrons. The molecule has 0 aromatic heterocycles. The number of hydrogen-bond acceptors (Lipinski definition) is 4. The molecular weight excluding hydrogens is 346 g/mol. The summed E-state index contributed by atoms with van der Waals surface area (Å²) in [4.78, 5) is 10.6. The highest BCUT2D eigenvalue weighted by Crippen LogP contribution is 2.40. The van der Waals surface area contributed by atoms with Crippen LogP contribution in [0, 0.1) is 0 Å². The third kappa shape index (κ3) is 2.66. The fourth-order valence-corrected chi connectivity index (χ4v) is 2.55. The summed E-state index contributed by atoms with van der Waals surface area (Å²) in [6, 6.07) is 0.209. The van der Waals surface area contributed by atoms with Crippen LogP contribution in [0.15, 0.2) is 15.0 Å². The van der Waals surface area contributed by atoms with Gasteiger partial charge in [0.2, 0.25) is 0 Å². The van der Waals surface area contributed by atoms with Crippen LogP contribution in [-0.4, -0.2) is 27.3 Å². The topological polar surface area (TPSA) is 104 Å². The number of halogens is 2. The van der Waals surface area contributed by atoms with Crippen LogP contribution in [0.1, 0.15) is 5.56 Å². The lowest BCUT2D eigenvalue weighted by Gasteiger charge is -2.12. The summed E-state index contributed by atoms with van der Waals surface area (Å²) in [6.07, 6.45) is 0.0321. The van der Waals surface area contributed by atoms with E-state index >= 15 is 0 Å². The molecule has 0 aliphatic heterocycles. The van der Waals surface area contributed by atoms with Gasteiger partial charge in [-0.15, -0.1) is 0 Å². The quantitative estimate of drug-likeness (QED) is 0.617. The van der Waals surface area contributed by atoms with Crippen molar-refractivity contribution in [1.29, 1.82) is 0 Å². The maximum atomic E-state index is 10.6. The summed E-state index contributed by atoms with van der Waals surface area (Å²) in [5.41, 5.74) is 5.88. The zero-order valence-electron chi connectivity index (χ0n) is 7.94. The highest BCUT2D eigenvalue weighted by molar-refractivity contribution is 9.11. The van der Waals surface area contributed by atoms with E-state index in [4.69, 9.17) is 10.8 Å². The molecule has 1 unspecified atom stereocenters. The van der Waals surface area contributed by atoms with Crippen molar-refractivity contribution in [3.8, 4) is 11.5 Å². The second-order valence-electron chi connectivity index (χ2n) is 3.17. The Balaban J connectivity index is 3.14. The van der Waals surface area contributed by atoms with Gasteiger partial charge in [-0.3, -0.25) is 4.79 Å². The molecule has 1 atom stereocenters. The minimum absolute atomic E-state index is 0.0321. The maximum absolute atomic E-state index is 10.6. The fourth-order valence-electron chi connectivity index (χ4n) is 1.13. The van der Waals surface area contributed by atoms with Crippen molar-refractivity contribution in [3.05, 3.63) is 20.6 Å². The van der Waals surface area contributed by atoms with Gasteiger partial charge in [-0.2, -0.15) is 0 Å². The molecule has 0 amide bonds. The Hall–Kier alpha value is -0.790. The molecule has 1 rings (SSSR count). The van der Waals surface area contributed by atoms with E-state index in [0.29, 0.717) is 10.0 Å². The molecule has 0 spiro atoms. The van der Waals surface area contributed by atoms with E-state index in [1.165, 1.54) is 6.07 Å². The molecule has 88 valence electrons. The Morgan fingerprint density at radius 1 is 1.44 bits per heavy atom. The van der Waals surface area contributed by atoms with E-state index in [0.717, 1.165) is 0 Å². The summed E-state index contributed by atoms with van der Waals surface area (Å²) in [5, 5.41) is 27.4. The number of carboxylic acid groups (broad SMARTS) is 1. The number of aliphatic carboxylic acids is 1. The van der Waals surface area contributed by atoms with Gasteiger partial charge in [0.1, 0.15) is 6.04 Å². The summed E-state index contributed by atoms with van der Waals surface area (Å²) in [5.74, 6) is -1.77. The molecule has 0 aliphatic carbocycles. The van der Waals surface area contributed by atoms with E-state index in [1.54, 1.807) is 0 Å². The number of rotatable bonds is 3. The number of phenolic OH excluding ortho intramolecular Hbond substituents is 2. The van der Waals surface area contributed by atoms with Gasteiger partial charge in [-0.1, -0.05) is 15.9 Å². The van der Waals surface area contributed by atoms with Gasteiger partial charge in [0.25, 0.3) is 0 Å². The zero-order valence-corrected chi connectivity index (χ0v) is 11.1. The first-order valence-electron chi connectivity index (χ1n) is 4.21. The molecule has 0 saturated heterocycles. The second kappa shape index (κ2) is 5.03. The lowest BCUT2D eigenvalue weighted by molar-refractivity contribution is -0.138. The van der Waals surface area contributed by atoms with E-state index in [2.05, 4.69) is 31.9 Å². The van der Waals surface area contributed by atoms with Crippen molar-refractivity contribution in [2.75, 3.05) is 0 Å². The first-order chi connectivity index (χ1) is 7.34. The van der Waals surface area contributed by atoms with Crippen LogP contribution < -0.4 is 5.73 Å². The Morgan fingerprint density at radius 2 is 2.00 bits per heavy atom. The summed E-state index contributed by atoms with van der Waals surface area (Å²) in [7, 11) is 0. The van der Waals surface area contributed by atoms with E-state index in [1.807, 2.05) is 0 Å². The smallest absolute Gasteiger partial charge is 0.320 e. The summed E-state index contributed by atoms with van der Waals surface area (Å²) >= 11 is 6.23. The number of aromatic hydroxyl groups is 2. The Kier molecular flexibility index (Phi) is 4.17. The third-order valence-corrected chi connectivity index (χ3v) is 3.57. The molecule has 16 heavy (non-hydrogen) atoms. The fraction of sp³-hybridized carbons (Fsp3) is 0.222. The lowest BCUT2D eigenvalue weighted by Crippen LogP contribution is -2.32. The van der Waals surface area contributed by atoms with Crippen molar-refractivity contribution in [2.45, 2.75) is 12.5 Å². The highest BCUT2D eigenvalue weighted by Gasteiger charge is 2.19. The van der Waals surface area contributed by atoms with Crippen molar-refractivity contribution < 1.29 is 20.1 Å². The number of hydrogen-bond donors (Lipinski definition) is 4. The monoisotopic (exact) mass is 353 g/mol. The number of phenols is 2. The molecule has 5 N–H and O–H groups in total. The molecule has 0 saturated carbocycles.